The summed E-state index contributed by atoms with van der Waals surface area (Å²) in [6.07, 6.45) is 4.93. The number of benzene rings is 3. The van der Waals surface area contributed by atoms with Crippen LogP contribution in [0.2, 0.25) is 5.02 Å². The minimum Gasteiger partial charge on any atom is -0.494 e. The number of hydrogen-bond acceptors (Lipinski definition) is 13. The van der Waals surface area contributed by atoms with Gasteiger partial charge in [-0.15, -0.1) is 0 Å². The number of para-hydroxylation sites is 1. The standard InChI is InChI=1S/C48H55ClN11O5P/c1-7-29-11-12-31-33(51-29)13-14-34(43(31)66(5,6)64)52-44-32(49)23-50-46(55-44)53-35-21-28(2)39(22-40(35)65-4)59-26-48(27-59)24-58(25-48)30-17-19-57(20-18-30)36-9-8-10-37-42(36)56(3)47(63)60(37)38-15-16-41(61)54-45(38)62/h8-14,21-23,30,38H,7,15-20,24-27H2,1-6H3,(H,54,61,62)(H2,50,52,53,55). The average molecular weight is 932 g/mol. The highest BCUT2D eigenvalue weighted by Gasteiger charge is 2.53. The van der Waals surface area contributed by atoms with Gasteiger partial charge in [-0.05, 0) is 87.9 Å². The monoisotopic (exact) mass is 931 g/mol. The fourth-order valence-electron chi connectivity index (χ4n) is 10.7. The summed E-state index contributed by atoms with van der Waals surface area (Å²) in [5.41, 5.74) is 7.94. The molecule has 4 saturated heterocycles. The van der Waals surface area contributed by atoms with Crippen LogP contribution >= 0.6 is 18.7 Å². The molecule has 3 N–H and O–H groups in total. The number of fused-ring (bicyclic) bond motifs is 2. The van der Waals surface area contributed by atoms with Gasteiger partial charge in [0, 0.05) is 92.3 Å². The van der Waals surface area contributed by atoms with Crippen molar-refractivity contribution in [2.75, 3.05) is 80.1 Å². The molecule has 0 bridgehead atoms. The molecule has 18 heteroatoms. The molecule has 344 valence electrons. The Kier molecular flexibility index (Phi) is 11.1. The molecule has 2 amide bonds. The van der Waals surface area contributed by atoms with E-state index in [1.54, 1.807) is 42.8 Å². The number of rotatable bonds is 11. The number of carbonyl (C=O) groups excluding carboxylic acids is 2. The van der Waals surface area contributed by atoms with Crippen LogP contribution in [0.4, 0.5) is 34.5 Å². The van der Waals surface area contributed by atoms with Crippen LogP contribution < -0.4 is 41.5 Å². The molecule has 4 fully saturated rings. The molecule has 3 aromatic carbocycles. The predicted molar refractivity (Wildman–Crippen MR) is 262 cm³/mol. The van der Waals surface area contributed by atoms with Crippen LogP contribution in [-0.2, 0) is 27.6 Å². The van der Waals surface area contributed by atoms with Crippen molar-refractivity contribution in [3.63, 3.8) is 0 Å². The van der Waals surface area contributed by atoms with Crippen molar-refractivity contribution in [3.8, 4) is 5.75 Å². The third kappa shape index (κ3) is 7.76. The van der Waals surface area contributed by atoms with Crippen molar-refractivity contribution < 1.29 is 18.9 Å². The first-order chi connectivity index (χ1) is 31.6. The number of aryl methyl sites for hydroxylation is 3. The zero-order valence-corrected chi connectivity index (χ0v) is 39.8. The highest BCUT2D eigenvalue weighted by molar-refractivity contribution is 7.71. The van der Waals surface area contributed by atoms with Gasteiger partial charge < -0.3 is 29.7 Å². The van der Waals surface area contributed by atoms with E-state index in [-0.39, 0.29) is 23.4 Å². The van der Waals surface area contributed by atoms with E-state index in [1.165, 1.54) is 0 Å². The van der Waals surface area contributed by atoms with Gasteiger partial charge in [0.05, 0.1) is 46.9 Å². The number of ether oxygens (including phenoxy) is 1. The number of aromatic nitrogens is 5. The maximum absolute atomic E-state index is 13.7. The van der Waals surface area contributed by atoms with Gasteiger partial charge in [0.2, 0.25) is 17.8 Å². The van der Waals surface area contributed by atoms with E-state index in [0.29, 0.717) is 46.0 Å². The number of likely N-dealkylation sites (tertiary alicyclic amines) is 1. The van der Waals surface area contributed by atoms with Crippen molar-refractivity contribution in [2.24, 2.45) is 12.5 Å². The Labute approximate surface area is 388 Å². The van der Waals surface area contributed by atoms with Gasteiger partial charge in [-0.2, -0.15) is 4.98 Å². The fraction of sp³-hybridized carbons (Fsp3) is 0.417. The van der Waals surface area contributed by atoms with E-state index in [9.17, 15) is 18.9 Å². The van der Waals surface area contributed by atoms with E-state index in [4.69, 9.17) is 26.3 Å². The summed E-state index contributed by atoms with van der Waals surface area (Å²) in [5, 5.41) is 11.0. The number of imidazole rings is 1. The fourth-order valence-corrected chi connectivity index (χ4v) is 12.4. The Morgan fingerprint density at radius 2 is 1.70 bits per heavy atom. The number of anilines is 6. The average Bonchev–Trinajstić information content (AvgIpc) is 3.52. The molecular formula is C48H55ClN11O5P. The van der Waals surface area contributed by atoms with Gasteiger partial charge in [0.1, 0.15) is 24.0 Å². The molecule has 1 unspecified atom stereocenters. The van der Waals surface area contributed by atoms with Crippen molar-refractivity contribution in [3.05, 3.63) is 87.6 Å². The molecule has 66 heavy (non-hydrogen) atoms. The Hall–Kier alpha value is -5.96. The Balaban J connectivity index is 0.774. The summed E-state index contributed by atoms with van der Waals surface area (Å²) in [7, 11) is 0.660. The number of halogens is 1. The van der Waals surface area contributed by atoms with Crippen LogP contribution in [-0.4, -0.2) is 107 Å². The molecule has 10 rings (SSSR count). The number of hydrogen-bond donors (Lipinski definition) is 3. The maximum Gasteiger partial charge on any atom is 0.329 e. The number of piperidine rings is 2. The van der Waals surface area contributed by atoms with Gasteiger partial charge in [0.15, 0.2) is 5.82 Å². The van der Waals surface area contributed by atoms with Crippen LogP contribution in [0.15, 0.2) is 65.6 Å². The summed E-state index contributed by atoms with van der Waals surface area (Å²) in [5.74, 6) is 0.656. The first-order valence-corrected chi connectivity index (χ1v) is 25.6. The zero-order chi connectivity index (χ0) is 46.2. The number of carbonyl (C=O) groups is 2. The SMILES string of the molecule is CCc1ccc2c(P(C)(C)=O)c(Nc3nc(Nc4cc(C)c(N5CC6(C5)CN(C5CCN(c7cccc8c7n(C)c(=O)n8C7CCC(=O)NC7=O)CC5)C6)cc4OC)ncc3Cl)ccc2n1. The number of imide groups is 1. The van der Waals surface area contributed by atoms with E-state index in [1.807, 2.05) is 36.4 Å². The first kappa shape index (κ1) is 43.9. The lowest BCUT2D eigenvalue weighted by Crippen LogP contribution is -2.74. The predicted octanol–water partition coefficient (Wildman–Crippen LogP) is 6.71. The van der Waals surface area contributed by atoms with Gasteiger partial charge in [-0.1, -0.05) is 30.7 Å². The molecule has 1 atom stereocenters. The third-order valence-corrected chi connectivity index (χ3v) is 15.8. The topological polar surface area (TPSA) is 172 Å². The van der Waals surface area contributed by atoms with Crippen LogP contribution in [0.5, 0.6) is 5.75 Å². The van der Waals surface area contributed by atoms with E-state index >= 15 is 0 Å². The zero-order valence-electron chi connectivity index (χ0n) is 38.2. The lowest BCUT2D eigenvalue weighted by atomic mass is 9.71. The molecule has 3 aromatic heterocycles. The minimum absolute atomic E-state index is 0.212. The Morgan fingerprint density at radius 1 is 0.924 bits per heavy atom. The normalized spacial score (nSPS) is 19.0. The summed E-state index contributed by atoms with van der Waals surface area (Å²) < 4.78 is 22.8. The molecule has 6 aromatic rings. The molecule has 16 nitrogen and oxygen atoms in total. The lowest BCUT2D eigenvalue weighted by Gasteiger charge is -2.63. The molecule has 0 radical (unpaired) electrons. The molecule has 0 aliphatic carbocycles. The van der Waals surface area contributed by atoms with Crippen LogP contribution in [0.25, 0.3) is 21.9 Å². The second kappa shape index (κ2) is 16.7. The van der Waals surface area contributed by atoms with Gasteiger partial charge in [-0.3, -0.25) is 33.9 Å². The minimum atomic E-state index is -2.77. The number of methoxy groups -OCH3 is 1. The Bertz CT molecular complexity index is 3050. The molecular weight excluding hydrogens is 877 g/mol. The molecule has 4 aliphatic heterocycles. The van der Waals surface area contributed by atoms with Crippen molar-refractivity contribution in [1.29, 1.82) is 0 Å². The van der Waals surface area contributed by atoms with Gasteiger partial charge in [0.25, 0.3) is 0 Å². The number of nitrogens with one attached hydrogen (secondary N) is 3. The second-order valence-electron chi connectivity index (χ2n) is 18.8. The number of pyridine rings is 1. The third-order valence-electron chi connectivity index (χ3n) is 14.0. The smallest absolute Gasteiger partial charge is 0.329 e. The first-order valence-electron chi connectivity index (χ1n) is 22.6. The molecule has 7 heterocycles. The highest BCUT2D eigenvalue weighted by Crippen LogP contribution is 2.47. The Morgan fingerprint density at radius 3 is 2.41 bits per heavy atom. The van der Waals surface area contributed by atoms with Gasteiger partial charge >= 0.3 is 5.69 Å². The molecule has 4 aliphatic rings. The largest absolute Gasteiger partial charge is 0.494 e. The summed E-state index contributed by atoms with van der Waals surface area (Å²) in [4.78, 5) is 59.6. The van der Waals surface area contributed by atoms with Crippen molar-refractivity contribution in [2.45, 2.75) is 58.0 Å². The maximum atomic E-state index is 13.7. The van der Waals surface area contributed by atoms with E-state index in [0.717, 1.165) is 109 Å². The van der Waals surface area contributed by atoms with E-state index in [2.05, 4.69) is 67.7 Å². The van der Waals surface area contributed by atoms with Crippen LogP contribution in [0, 0.1) is 12.3 Å². The van der Waals surface area contributed by atoms with Crippen LogP contribution in [0.1, 0.15) is 49.9 Å². The molecule has 1 spiro atoms. The van der Waals surface area contributed by atoms with Crippen molar-refractivity contribution in [1.82, 2.24) is 34.3 Å². The quantitative estimate of drug-likeness (QED) is 0.0926. The summed E-state index contributed by atoms with van der Waals surface area (Å²) in [6.45, 7) is 13.5. The highest BCUT2D eigenvalue weighted by atomic mass is 35.5. The van der Waals surface area contributed by atoms with Crippen molar-refractivity contribution >= 4 is 92.3 Å². The second-order valence-corrected chi connectivity index (χ2v) is 22.4. The van der Waals surface area contributed by atoms with E-state index < -0.39 is 19.1 Å². The van der Waals surface area contributed by atoms with Crippen LogP contribution in [0.3, 0.4) is 0 Å². The summed E-state index contributed by atoms with van der Waals surface area (Å²) in [6, 6.07) is 17.6. The number of amides is 2. The molecule has 0 saturated carbocycles. The number of nitrogens with zero attached hydrogens (tertiary/aromatic N) is 8. The van der Waals surface area contributed by atoms with Gasteiger partial charge in [-0.25, -0.2) is 9.78 Å². The lowest BCUT2D eigenvalue weighted by molar-refractivity contribution is -0.135. The summed E-state index contributed by atoms with van der Waals surface area (Å²) >= 11 is 6.65.